The van der Waals surface area contributed by atoms with Gasteiger partial charge in [0.2, 0.25) is 5.88 Å². The Morgan fingerprint density at radius 2 is 2.03 bits per heavy atom. The summed E-state index contributed by atoms with van der Waals surface area (Å²) >= 11 is 5.91. The van der Waals surface area contributed by atoms with Gasteiger partial charge < -0.3 is 10.1 Å². The predicted molar refractivity (Wildman–Crippen MR) is 116 cm³/mol. The summed E-state index contributed by atoms with van der Waals surface area (Å²) in [6.07, 6.45) is 7.84. The Hall–Kier alpha value is -2.52. The Morgan fingerprint density at radius 3 is 2.68 bits per heavy atom. The first-order chi connectivity index (χ1) is 14.6. The number of rotatable bonds is 7. The van der Waals surface area contributed by atoms with E-state index in [-0.39, 0.29) is 28.1 Å². The van der Waals surface area contributed by atoms with E-state index in [2.05, 4.69) is 15.3 Å². The predicted octanol–water partition coefficient (Wildman–Crippen LogP) is 4.40. The fraction of sp³-hybridized carbons (Fsp3) is 0.381. The van der Waals surface area contributed by atoms with E-state index in [9.17, 15) is 17.6 Å². The summed E-state index contributed by atoms with van der Waals surface area (Å²) in [6.45, 7) is 1.63. The summed E-state index contributed by atoms with van der Waals surface area (Å²) in [4.78, 5) is 21.6. The van der Waals surface area contributed by atoms with Crippen LogP contribution in [0.1, 0.15) is 54.7 Å². The van der Waals surface area contributed by atoms with E-state index in [1.165, 1.54) is 18.3 Å². The van der Waals surface area contributed by atoms with Crippen molar-refractivity contribution in [1.29, 1.82) is 0 Å². The van der Waals surface area contributed by atoms with Crippen molar-refractivity contribution in [2.75, 3.05) is 6.26 Å². The molecule has 1 heterocycles. The van der Waals surface area contributed by atoms with E-state index in [0.717, 1.165) is 49.5 Å². The number of carbonyl (C=O) groups excluding carboxylic acids is 1. The standard InChI is InChI=1S/C21H23ClFN3O4S/c1-13(7-8-31(2,28)29)25-20(27)18-12-24-19(14-5-3-4-6-14)26-21(18)30-17-10-15(22)9-16(23)11-17/h7-14H,3-6H2,1-2H3,(H,25,27). The SMILES string of the molecule is CC(C=CS(C)(=O)=O)NC(=O)c1cnc(C2CCCC2)nc1Oc1cc(F)cc(Cl)c1. The van der Waals surface area contributed by atoms with Gasteiger partial charge in [-0.3, -0.25) is 4.79 Å². The molecule has 1 amide bonds. The van der Waals surface area contributed by atoms with E-state index >= 15 is 0 Å². The summed E-state index contributed by atoms with van der Waals surface area (Å²) in [6, 6.07) is 3.12. The molecule has 0 saturated heterocycles. The zero-order chi connectivity index (χ0) is 22.6. The maximum absolute atomic E-state index is 13.7. The molecule has 1 aromatic heterocycles. The lowest BCUT2D eigenvalue weighted by molar-refractivity contribution is 0.0943. The highest BCUT2D eigenvalue weighted by atomic mass is 35.5. The minimum atomic E-state index is -3.32. The third-order valence-corrected chi connectivity index (χ3v) is 5.63. The highest BCUT2D eigenvalue weighted by molar-refractivity contribution is 7.93. The number of nitrogens with one attached hydrogen (secondary N) is 1. The Bertz CT molecular complexity index is 1080. The summed E-state index contributed by atoms with van der Waals surface area (Å²) in [5.41, 5.74) is 0.0433. The van der Waals surface area contributed by atoms with Crippen LogP contribution in [-0.2, 0) is 9.84 Å². The molecule has 0 spiro atoms. The number of sulfone groups is 1. The van der Waals surface area contributed by atoms with E-state index < -0.39 is 27.6 Å². The van der Waals surface area contributed by atoms with Crippen LogP contribution in [0.2, 0.25) is 5.02 Å². The Balaban J connectivity index is 1.90. The van der Waals surface area contributed by atoms with Gasteiger partial charge in [0.05, 0.1) is 0 Å². The number of ether oxygens (including phenoxy) is 1. The molecule has 1 N–H and O–H groups in total. The maximum Gasteiger partial charge on any atom is 0.258 e. The van der Waals surface area contributed by atoms with Crippen LogP contribution >= 0.6 is 11.6 Å². The number of nitrogens with zero attached hydrogens (tertiary/aromatic N) is 2. The van der Waals surface area contributed by atoms with Crippen LogP contribution in [0.25, 0.3) is 0 Å². The first kappa shape index (κ1) is 23.1. The average Bonchev–Trinajstić information content (AvgIpc) is 3.19. The van der Waals surface area contributed by atoms with Crippen molar-refractivity contribution in [3.63, 3.8) is 0 Å². The van der Waals surface area contributed by atoms with Crippen LogP contribution in [0.5, 0.6) is 11.6 Å². The molecule has 0 radical (unpaired) electrons. The number of carbonyl (C=O) groups is 1. The number of aromatic nitrogens is 2. The zero-order valence-corrected chi connectivity index (χ0v) is 18.7. The van der Waals surface area contributed by atoms with Crippen molar-refractivity contribution in [3.8, 4) is 11.6 Å². The molecule has 166 valence electrons. The third-order valence-electron chi connectivity index (χ3n) is 4.76. The van der Waals surface area contributed by atoms with Gasteiger partial charge in [0.15, 0.2) is 9.84 Å². The molecule has 1 aliphatic carbocycles. The topological polar surface area (TPSA) is 98.2 Å². The highest BCUT2D eigenvalue weighted by Crippen LogP contribution is 2.34. The van der Waals surface area contributed by atoms with Gasteiger partial charge in [-0.1, -0.05) is 30.5 Å². The van der Waals surface area contributed by atoms with Crippen LogP contribution in [0.4, 0.5) is 4.39 Å². The van der Waals surface area contributed by atoms with Crippen LogP contribution < -0.4 is 10.1 Å². The van der Waals surface area contributed by atoms with Crippen molar-refractivity contribution in [2.24, 2.45) is 0 Å². The van der Waals surface area contributed by atoms with Gasteiger partial charge in [0, 0.05) is 40.9 Å². The summed E-state index contributed by atoms with van der Waals surface area (Å²) < 4.78 is 42.0. The Kier molecular flexibility index (Phi) is 7.27. The molecular formula is C21H23ClFN3O4S. The number of benzene rings is 1. The van der Waals surface area contributed by atoms with Crippen molar-refractivity contribution >= 4 is 27.3 Å². The summed E-state index contributed by atoms with van der Waals surface area (Å²) in [5.74, 6) is -0.321. The maximum atomic E-state index is 13.7. The second-order valence-electron chi connectivity index (χ2n) is 7.56. The molecule has 1 saturated carbocycles. The fourth-order valence-corrected chi connectivity index (χ4v) is 4.02. The second-order valence-corrected chi connectivity index (χ2v) is 9.92. The molecule has 1 atom stereocenters. The van der Waals surface area contributed by atoms with Gasteiger partial charge in [-0.05, 0) is 31.9 Å². The quantitative estimate of drug-likeness (QED) is 0.648. The lowest BCUT2D eigenvalue weighted by atomic mass is 10.1. The minimum absolute atomic E-state index is 0.0182. The molecule has 1 unspecified atom stereocenters. The van der Waals surface area contributed by atoms with Gasteiger partial charge >= 0.3 is 0 Å². The number of hydrogen-bond donors (Lipinski definition) is 1. The van der Waals surface area contributed by atoms with E-state index in [1.54, 1.807) is 6.92 Å². The first-order valence-electron chi connectivity index (χ1n) is 9.81. The van der Waals surface area contributed by atoms with Crippen molar-refractivity contribution in [2.45, 2.75) is 44.6 Å². The van der Waals surface area contributed by atoms with Gasteiger partial charge in [-0.25, -0.2) is 17.8 Å². The van der Waals surface area contributed by atoms with E-state index in [1.807, 2.05) is 0 Å². The molecule has 1 aliphatic rings. The molecule has 1 fully saturated rings. The van der Waals surface area contributed by atoms with E-state index in [0.29, 0.717) is 5.82 Å². The number of hydrogen-bond acceptors (Lipinski definition) is 6. The summed E-state index contributed by atoms with van der Waals surface area (Å²) in [7, 11) is -3.32. The molecule has 2 aromatic rings. The largest absolute Gasteiger partial charge is 0.438 e. The number of halogens is 2. The molecule has 7 nitrogen and oxygen atoms in total. The van der Waals surface area contributed by atoms with Gasteiger partial charge in [-0.15, -0.1) is 0 Å². The monoisotopic (exact) mass is 467 g/mol. The van der Waals surface area contributed by atoms with Gasteiger partial charge in [-0.2, -0.15) is 4.98 Å². The lowest BCUT2D eigenvalue weighted by Gasteiger charge is -2.15. The second kappa shape index (κ2) is 9.74. The third kappa shape index (κ3) is 6.73. The Morgan fingerprint density at radius 1 is 1.32 bits per heavy atom. The number of amides is 1. The molecule has 0 aliphatic heterocycles. The molecule has 1 aromatic carbocycles. The van der Waals surface area contributed by atoms with Gasteiger partial charge in [0.1, 0.15) is 23.0 Å². The molecule has 31 heavy (non-hydrogen) atoms. The van der Waals surface area contributed by atoms with Crippen LogP contribution in [-0.4, -0.2) is 36.6 Å². The first-order valence-corrected chi connectivity index (χ1v) is 12.1. The van der Waals surface area contributed by atoms with Gasteiger partial charge in [0.25, 0.3) is 5.91 Å². The zero-order valence-electron chi connectivity index (χ0n) is 17.1. The smallest absolute Gasteiger partial charge is 0.258 e. The van der Waals surface area contributed by atoms with Crippen molar-refractivity contribution < 1.29 is 22.3 Å². The molecule has 0 bridgehead atoms. The van der Waals surface area contributed by atoms with Crippen LogP contribution in [0.3, 0.4) is 0 Å². The molecular weight excluding hydrogens is 445 g/mol. The average molecular weight is 468 g/mol. The van der Waals surface area contributed by atoms with Crippen molar-refractivity contribution in [3.05, 3.63) is 58.1 Å². The molecule has 10 heteroatoms. The minimum Gasteiger partial charge on any atom is -0.438 e. The van der Waals surface area contributed by atoms with Crippen LogP contribution in [0, 0.1) is 5.82 Å². The Labute approximate surface area is 185 Å². The highest BCUT2D eigenvalue weighted by Gasteiger charge is 2.24. The normalized spacial score (nSPS) is 15.9. The lowest BCUT2D eigenvalue weighted by Crippen LogP contribution is -2.31. The summed E-state index contributed by atoms with van der Waals surface area (Å²) in [5, 5.41) is 3.82. The fourth-order valence-electron chi connectivity index (χ4n) is 3.29. The van der Waals surface area contributed by atoms with E-state index in [4.69, 9.17) is 16.3 Å². The van der Waals surface area contributed by atoms with Crippen LogP contribution in [0.15, 0.2) is 35.9 Å². The molecule has 3 rings (SSSR count). The van der Waals surface area contributed by atoms with Crippen molar-refractivity contribution in [1.82, 2.24) is 15.3 Å².